The first-order valence-corrected chi connectivity index (χ1v) is 6.67. The van der Waals surface area contributed by atoms with E-state index < -0.39 is 0 Å². The topological polar surface area (TPSA) is 57.4 Å². The Morgan fingerprint density at radius 3 is 2.57 bits per heavy atom. The van der Waals surface area contributed by atoms with Crippen LogP contribution in [0.2, 0.25) is 0 Å². The zero-order valence-corrected chi connectivity index (χ0v) is 11.7. The van der Waals surface area contributed by atoms with Crippen molar-refractivity contribution in [2.45, 2.75) is 6.61 Å². The van der Waals surface area contributed by atoms with Gasteiger partial charge in [-0.1, -0.05) is 18.2 Å². The quantitative estimate of drug-likeness (QED) is 0.795. The minimum atomic E-state index is 0.394. The number of anilines is 1. The van der Waals surface area contributed by atoms with Crippen LogP contribution in [0, 0.1) is 0 Å². The summed E-state index contributed by atoms with van der Waals surface area (Å²) in [6.45, 7) is 0.394. The molecule has 0 saturated heterocycles. The first-order chi connectivity index (χ1) is 10.3. The molecule has 0 amide bonds. The Morgan fingerprint density at radius 2 is 1.81 bits per heavy atom. The first kappa shape index (κ1) is 13.2. The molecule has 0 saturated carbocycles. The minimum Gasteiger partial charge on any atom is -0.497 e. The van der Waals surface area contributed by atoms with Gasteiger partial charge in [0.1, 0.15) is 23.9 Å². The van der Waals surface area contributed by atoms with Gasteiger partial charge in [-0.3, -0.25) is 0 Å². The third-order valence-electron chi connectivity index (χ3n) is 3.27. The molecule has 1 heterocycles. The Kier molecular flexibility index (Phi) is 3.60. The van der Waals surface area contributed by atoms with Crippen LogP contribution in [0.5, 0.6) is 11.5 Å². The number of nitrogens with two attached hydrogens (primary N) is 1. The monoisotopic (exact) mass is 280 g/mol. The standard InChI is InChI=1S/C17H16N2O2/c1-20-15-8-7-12-9-13(17(18)19-16(12)10-15)11-21-14-5-3-2-4-6-14/h2-10H,11H2,1H3,(H2,18,19). The number of pyridine rings is 1. The van der Waals surface area contributed by atoms with E-state index in [1.54, 1.807) is 7.11 Å². The second-order valence-corrected chi connectivity index (χ2v) is 4.69. The van der Waals surface area contributed by atoms with Crippen LogP contribution in [0.15, 0.2) is 54.6 Å². The Bertz CT molecular complexity index is 757. The zero-order chi connectivity index (χ0) is 14.7. The van der Waals surface area contributed by atoms with Crippen LogP contribution in [0.3, 0.4) is 0 Å². The van der Waals surface area contributed by atoms with Crippen molar-refractivity contribution in [2.24, 2.45) is 0 Å². The lowest BCUT2D eigenvalue weighted by Gasteiger charge is -2.10. The highest BCUT2D eigenvalue weighted by Crippen LogP contribution is 2.23. The molecule has 4 nitrogen and oxygen atoms in total. The first-order valence-electron chi connectivity index (χ1n) is 6.67. The van der Waals surface area contributed by atoms with Gasteiger partial charge >= 0.3 is 0 Å². The predicted molar refractivity (Wildman–Crippen MR) is 83.5 cm³/mol. The smallest absolute Gasteiger partial charge is 0.130 e. The molecule has 0 aliphatic heterocycles. The molecule has 0 aliphatic carbocycles. The number of ether oxygens (including phenoxy) is 2. The normalized spacial score (nSPS) is 10.5. The van der Waals surface area contributed by atoms with Crippen LogP contribution in [-0.2, 0) is 6.61 Å². The maximum atomic E-state index is 6.01. The largest absolute Gasteiger partial charge is 0.497 e. The molecular formula is C17H16N2O2. The fourth-order valence-electron chi connectivity index (χ4n) is 2.13. The second kappa shape index (κ2) is 5.71. The van der Waals surface area contributed by atoms with Crippen molar-refractivity contribution >= 4 is 16.7 Å². The number of nitrogens with zero attached hydrogens (tertiary/aromatic N) is 1. The van der Waals surface area contributed by atoms with Gasteiger partial charge in [-0.25, -0.2) is 4.98 Å². The summed E-state index contributed by atoms with van der Waals surface area (Å²) in [4.78, 5) is 4.41. The molecule has 2 aromatic carbocycles. The Morgan fingerprint density at radius 1 is 1.00 bits per heavy atom. The molecule has 3 rings (SSSR count). The molecule has 106 valence electrons. The summed E-state index contributed by atoms with van der Waals surface area (Å²) in [5.41, 5.74) is 7.70. The average Bonchev–Trinajstić information content (AvgIpc) is 2.53. The molecule has 0 radical (unpaired) electrons. The molecule has 21 heavy (non-hydrogen) atoms. The van der Waals surface area contributed by atoms with E-state index in [2.05, 4.69) is 4.98 Å². The van der Waals surface area contributed by atoms with Crippen molar-refractivity contribution in [2.75, 3.05) is 12.8 Å². The fraction of sp³-hybridized carbons (Fsp3) is 0.118. The van der Waals surface area contributed by atoms with Gasteiger partial charge in [0.25, 0.3) is 0 Å². The number of benzene rings is 2. The fourth-order valence-corrected chi connectivity index (χ4v) is 2.13. The van der Waals surface area contributed by atoms with Crippen LogP contribution >= 0.6 is 0 Å². The molecule has 0 aliphatic rings. The van der Waals surface area contributed by atoms with Gasteiger partial charge in [-0.2, -0.15) is 0 Å². The third-order valence-corrected chi connectivity index (χ3v) is 3.27. The number of fused-ring (bicyclic) bond motifs is 1. The van der Waals surface area contributed by atoms with Crippen molar-refractivity contribution in [3.05, 3.63) is 60.2 Å². The van der Waals surface area contributed by atoms with Gasteiger partial charge in [0.2, 0.25) is 0 Å². The third kappa shape index (κ3) is 2.89. The number of aromatic nitrogens is 1. The highest BCUT2D eigenvalue weighted by molar-refractivity contribution is 5.82. The Hall–Kier alpha value is -2.75. The summed E-state index contributed by atoms with van der Waals surface area (Å²) >= 11 is 0. The molecule has 0 atom stereocenters. The average molecular weight is 280 g/mol. The van der Waals surface area contributed by atoms with Gasteiger partial charge in [0.15, 0.2) is 0 Å². The van der Waals surface area contributed by atoms with Crippen molar-refractivity contribution in [3.8, 4) is 11.5 Å². The van der Waals surface area contributed by atoms with Crippen LogP contribution in [0.1, 0.15) is 5.56 Å². The molecule has 0 spiro atoms. The summed E-state index contributed by atoms with van der Waals surface area (Å²) in [5.74, 6) is 2.06. The number of para-hydroxylation sites is 1. The highest BCUT2D eigenvalue weighted by atomic mass is 16.5. The van der Waals surface area contributed by atoms with E-state index >= 15 is 0 Å². The van der Waals surface area contributed by atoms with Crippen LogP contribution in [-0.4, -0.2) is 12.1 Å². The van der Waals surface area contributed by atoms with E-state index in [4.69, 9.17) is 15.2 Å². The van der Waals surface area contributed by atoms with E-state index in [0.717, 1.165) is 28.0 Å². The van der Waals surface area contributed by atoms with E-state index in [1.807, 2.05) is 54.6 Å². The van der Waals surface area contributed by atoms with E-state index in [-0.39, 0.29) is 0 Å². The summed E-state index contributed by atoms with van der Waals surface area (Å²) in [6, 6.07) is 17.4. The Labute approximate surface area is 123 Å². The van der Waals surface area contributed by atoms with Crippen LogP contribution < -0.4 is 15.2 Å². The molecule has 1 aromatic heterocycles. The Balaban J connectivity index is 1.87. The molecule has 0 bridgehead atoms. The second-order valence-electron chi connectivity index (χ2n) is 4.69. The van der Waals surface area contributed by atoms with Crippen LogP contribution in [0.4, 0.5) is 5.82 Å². The molecule has 2 N–H and O–H groups in total. The van der Waals surface area contributed by atoms with Gasteiger partial charge in [-0.05, 0) is 30.3 Å². The summed E-state index contributed by atoms with van der Waals surface area (Å²) in [5, 5.41) is 1.01. The van der Waals surface area contributed by atoms with E-state index in [0.29, 0.717) is 12.4 Å². The molecule has 0 fully saturated rings. The summed E-state index contributed by atoms with van der Waals surface area (Å²) in [6.07, 6.45) is 0. The molecule has 3 aromatic rings. The molecule has 4 heteroatoms. The van der Waals surface area contributed by atoms with Crippen molar-refractivity contribution in [1.29, 1.82) is 0 Å². The minimum absolute atomic E-state index is 0.394. The summed E-state index contributed by atoms with van der Waals surface area (Å²) in [7, 11) is 1.63. The van der Waals surface area contributed by atoms with Crippen LogP contribution in [0.25, 0.3) is 10.9 Å². The number of methoxy groups -OCH3 is 1. The van der Waals surface area contributed by atoms with Crippen molar-refractivity contribution < 1.29 is 9.47 Å². The van der Waals surface area contributed by atoms with Gasteiger partial charge in [0, 0.05) is 17.0 Å². The number of nitrogen functional groups attached to an aromatic ring is 1. The number of rotatable bonds is 4. The van der Waals surface area contributed by atoms with Gasteiger partial charge in [0.05, 0.1) is 12.6 Å². The maximum Gasteiger partial charge on any atom is 0.130 e. The molecule has 0 unspecified atom stereocenters. The van der Waals surface area contributed by atoms with Gasteiger partial charge in [-0.15, -0.1) is 0 Å². The summed E-state index contributed by atoms with van der Waals surface area (Å²) < 4.78 is 10.9. The van der Waals surface area contributed by atoms with E-state index in [9.17, 15) is 0 Å². The number of hydrogen-bond donors (Lipinski definition) is 1. The molecular weight excluding hydrogens is 264 g/mol. The van der Waals surface area contributed by atoms with Crippen molar-refractivity contribution in [1.82, 2.24) is 4.98 Å². The highest BCUT2D eigenvalue weighted by Gasteiger charge is 2.06. The lowest BCUT2D eigenvalue weighted by atomic mass is 10.1. The lowest BCUT2D eigenvalue weighted by Crippen LogP contribution is -2.02. The number of hydrogen-bond acceptors (Lipinski definition) is 4. The zero-order valence-electron chi connectivity index (χ0n) is 11.7. The SMILES string of the molecule is COc1ccc2cc(COc3ccccc3)c(N)nc2c1. The van der Waals surface area contributed by atoms with Gasteiger partial charge < -0.3 is 15.2 Å². The van der Waals surface area contributed by atoms with Crippen molar-refractivity contribution in [3.63, 3.8) is 0 Å². The predicted octanol–water partition coefficient (Wildman–Crippen LogP) is 3.40. The lowest BCUT2D eigenvalue weighted by molar-refractivity contribution is 0.307. The maximum absolute atomic E-state index is 6.01. The van der Waals surface area contributed by atoms with E-state index in [1.165, 1.54) is 0 Å².